The van der Waals surface area contributed by atoms with Crippen molar-refractivity contribution in [3.63, 3.8) is 0 Å². The van der Waals surface area contributed by atoms with Crippen LogP contribution in [0.15, 0.2) is 60.1 Å². The highest BCUT2D eigenvalue weighted by atomic mass is 32.2. The first-order valence-corrected chi connectivity index (χ1v) is 15.1. The number of rotatable bonds is 5. The molecular weight excluding hydrogens is 544 g/mol. The first-order valence-electron chi connectivity index (χ1n) is 13.2. The third-order valence-corrected chi connectivity index (χ3v) is 9.17. The van der Waals surface area contributed by atoms with E-state index in [-0.39, 0.29) is 40.4 Å². The molecule has 0 unspecified atom stereocenters. The van der Waals surface area contributed by atoms with Gasteiger partial charge in [0.1, 0.15) is 17.0 Å². The van der Waals surface area contributed by atoms with Crippen LogP contribution < -0.4 is 5.73 Å². The number of carbonyl (C=O) groups excluding carboxylic acids is 1. The van der Waals surface area contributed by atoms with Gasteiger partial charge in [-0.05, 0) is 43.9 Å². The summed E-state index contributed by atoms with van der Waals surface area (Å²) >= 11 is 0. The fourth-order valence-electron chi connectivity index (χ4n) is 6.26. The summed E-state index contributed by atoms with van der Waals surface area (Å²) in [7, 11) is -3.75. The minimum Gasteiger partial charge on any atom is -0.382 e. The zero-order valence-electron chi connectivity index (χ0n) is 22.0. The number of nitrogens with one attached hydrogen (secondary N) is 1. The van der Waals surface area contributed by atoms with Crippen LogP contribution in [0.4, 0.5) is 5.82 Å². The molecule has 208 valence electrons. The van der Waals surface area contributed by atoms with Crippen molar-refractivity contribution in [1.29, 1.82) is 0 Å². The summed E-state index contributed by atoms with van der Waals surface area (Å²) < 4.78 is 27.5. The lowest BCUT2D eigenvalue weighted by Crippen LogP contribution is -2.46. The van der Waals surface area contributed by atoms with Crippen molar-refractivity contribution in [3.8, 4) is 22.5 Å². The Labute approximate surface area is 234 Å². The summed E-state index contributed by atoms with van der Waals surface area (Å²) in [6.45, 7) is 0. The largest absolute Gasteiger partial charge is 0.382 e. The van der Waals surface area contributed by atoms with E-state index in [4.69, 9.17) is 10.7 Å². The molecule has 1 amide bonds. The number of H-pyrrole nitrogens is 1. The molecule has 2 bridgehead atoms. The van der Waals surface area contributed by atoms with Gasteiger partial charge in [0.2, 0.25) is 5.82 Å². The topological polar surface area (TPSA) is 178 Å². The van der Waals surface area contributed by atoms with Gasteiger partial charge in [0, 0.05) is 47.8 Å². The molecule has 2 fully saturated rings. The molecule has 2 aliphatic rings. The molecule has 0 radical (unpaired) electrons. The maximum atomic E-state index is 13.1. The first kappa shape index (κ1) is 25.3. The lowest BCUT2D eigenvalue weighted by atomic mass is 9.87. The molecule has 13 nitrogen and oxygen atoms in total. The van der Waals surface area contributed by atoms with Gasteiger partial charge in [0.05, 0.1) is 23.3 Å². The van der Waals surface area contributed by atoms with Crippen molar-refractivity contribution in [1.82, 2.24) is 44.6 Å². The second-order valence-electron chi connectivity index (χ2n) is 10.5. The zero-order valence-corrected chi connectivity index (χ0v) is 22.9. The first-order chi connectivity index (χ1) is 19.8. The lowest BCUT2D eigenvalue weighted by molar-refractivity contribution is 0.0556. The molecule has 3 atom stereocenters. The van der Waals surface area contributed by atoms with Crippen LogP contribution in [-0.4, -0.2) is 77.3 Å². The normalized spacial score (nSPS) is 20.5. The van der Waals surface area contributed by atoms with Gasteiger partial charge in [-0.15, -0.1) is 10.2 Å². The molecule has 14 heteroatoms. The number of fused-ring (bicyclic) bond motifs is 3. The number of anilines is 1. The van der Waals surface area contributed by atoms with E-state index in [0.29, 0.717) is 29.7 Å². The number of hydrogen-bond donors (Lipinski definition) is 2. The van der Waals surface area contributed by atoms with E-state index in [1.807, 2.05) is 35.2 Å². The van der Waals surface area contributed by atoms with E-state index in [1.54, 1.807) is 18.6 Å². The Balaban J connectivity index is 1.29. The summed E-state index contributed by atoms with van der Waals surface area (Å²) in [6.07, 6.45) is 10.3. The Bertz CT molecular complexity index is 1860. The highest BCUT2D eigenvalue weighted by molar-refractivity contribution is 7.91. The smallest absolute Gasteiger partial charge is 0.292 e. The van der Waals surface area contributed by atoms with Crippen molar-refractivity contribution in [2.45, 2.75) is 48.6 Å². The number of carbonyl (C=O) groups is 1. The molecule has 2 aliphatic heterocycles. The number of piperidine rings is 1. The molecule has 0 spiro atoms. The SMILES string of the molecule is CS(=O)(=O)c1c([C@@H]2C[C@H]3CC[C@@H](C2)N3C(=O)c2nnc[nH]2)nc2c(-c3ccc(-c4ccccn4)nc3)cnn2c1N. The number of hydrogen-bond acceptors (Lipinski definition) is 10. The van der Waals surface area contributed by atoms with Gasteiger partial charge in [-0.2, -0.15) is 9.61 Å². The van der Waals surface area contributed by atoms with Crippen molar-refractivity contribution < 1.29 is 13.2 Å². The summed E-state index contributed by atoms with van der Waals surface area (Å²) in [5, 5.41) is 12.0. The van der Waals surface area contributed by atoms with Crippen molar-refractivity contribution in [2.75, 3.05) is 12.0 Å². The van der Waals surface area contributed by atoms with Crippen LogP contribution in [0.2, 0.25) is 0 Å². The van der Waals surface area contributed by atoms with Crippen LogP contribution in [0.25, 0.3) is 28.2 Å². The van der Waals surface area contributed by atoms with Gasteiger partial charge in [0.15, 0.2) is 15.5 Å². The fourth-order valence-corrected chi connectivity index (χ4v) is 7.32. The molecule has 7 rings (SSSR count). The van der Waals surface area contributed by atoms with Crippen LogP contribution >= 0.6 is 0 Å². The molecule has 0 saturated carbocycles. The van der Waals surface area contributed by atoms with Gasteiger partial charge in [-0.3, -0.25) is 14.8 Å². The molecule has 7 heterocycles. The van der Waals surface area contributed by atoms with Gasteiger partial charge < -0.3 is 15.6 Å². The maximum absolute atomic E-state index is 13.1. The number of aromatic nitrogens is 8. The molecule has 5 aromatic rings. The van der Waals surface area contributed by atoms with E-state index in [9.17, 15) is 13.2 Å². The van der Waals surface area contributed by atoms with E-state index in [0.717, 1.165) is 36.0 Å². The highest BCUT2D eigenvalue weighted by Gasteiger charge is 2.46. The third-order valence-electron chi connectivity index (χ3n) is 8.01. The Kier molecular flexibility index (Phi) is 5.81. The summed E-state index contributed by atoms with van der Waals surface area (Å²) in [5.41, 5.74) is 10.3. The van der Waals surface area contributed by atoms with Crippen LogP contribution in [0, 0.1) is 0 Å². The van der Waals surface area contributed by atoms with Crippen LogP contribution in [-0.2, 0) is 9.84 Å². The second-order valence-corrected chi connectivity index (χ2v) is 12.5. The van der Waals surface area contributed by atoms with Crippen molar-refractivity contribution in [3.05, 3.63) is 66.8 Å². The average molecular weight is 571 g/mol. The van der Waals surface area contributed by atoms with E-state index < -0.39 is 9.84 Å². The van der Waals surface area contributed by atoms with Crippen molar-refractivity contribution >= 4 is 27.2 Å². The fraction of sp³-hybridized carbons (Fsp3) is 0.296. The van der Waals surface area contributed by atoms with Crippen LogP contribution in [0.5, 0.6) is 0 Å². The Morgan fingerprint density at radius 2 is 1.83 bits per heavy atom. The minimum absolute atomic E-state index is 0.0114. The van der Waals surface area contributed by atoms with Gasteiger partial charge >= 0.3 is 0 Å². The predicted molar refractivity (Wildman–Crippen MR) is 148 cm³/mol. The molecule has 2 saturated heterocycles. The predicted octanol–water partition coefficient (Wildman–Crippen LogP) is 2.51. The quantitative estimate of drug-likeness (QED) is 0.319. The summed E-state index contributed by atoms with van der Waals surface area (Å²) in [4.78, 5) is 31.6. The Hall–Kier alpha value is -4.72. The number of aromatic amines is 1. The lowest BCUT2D eigenvalue weighted by Gasteiger charge is -2.38. The second kappa shape index (κ2) is 9.44. The molecule has 41 heavy (non-hydrogen) atoms. The number of nitrogens with two attached hydrogens (primary N) is 1. The van der Waals surface area contributed by atoms with Gasteiger partial charge in [0.25, 0.3) is 5.91 Å². The number of sulfone groups is 1. The molecule has 0 aromatic carbocycles. The molecule has 0 aliphatic carbocycles. The average Bonchev–Trinajstić information content (AvgIpc) is 3.71. The highest BCUT2D eigenvalue weighted by Crippen LogP contribution is 2.45. The third kappa shape index (κ3) is 4.22. The maximum Gasteiger partial charge on any atom is 0.292 e. The molecule has 3 N–H and O–H groups in total. The molecule has 5 aromatic heterocycles. The monoisotopic (exact) mass is 570 g/mol. The van der Waals surface area contributed by atoms with E-state index >= 15 is 0 Å². The van der Waals surface area contributed by atoms with Crippen LogP contribution in [0.3, 0.4) is 0 Å². The van der Waals surface area contributed by atoms with Crippen LogP contribution in [0.1, 0.15) is 47.9 Å². The summed E-state index contributed by atoms with van der Waals surface area (Å²) in [5.74, 6) is -0.188. The number of nitrogen functional groups attached to an aromatic ring is 1. The Morgan fingerprint density at radius 3 is 2.46 bits per heavy atom. The minimum atomic E-state index is -3.75. The number of pyridine rings is 2. The molecular formula is C27H26N10O3S. The number of amides is 1. The van der Waals surface area contributed by atoms with Crippen molar-refractivity contribution in [2.24, 2.45) is 0 Å². The van der Waals surface area contributed by atoms with E-state index in [2.05, 4.69) is 30.2 Å². The van der Waals surface area contributed by atoms with Gasteiger partial charge in [-0.1, -0.05) is 12.1 Å². The standard InChI is InChI=1S/C27H26N10O3S/c1-41(39,40)23-22(16-10-17-6-7-18(11-16)36(17)27(38)25-31-14-32-35-25)34-26-19(13-33-37(26)24(23)28)15-5-8-21(30-12-15)20-4-2-3-9-29-20/h2-5,8-9,12-14,16-18H,6-7,10-11,28H2,1H3,(H,31,32,35)/t16-,17-,18+. The zero-order chi connectivity index (χ0) is 28.3. The van der Waals surface area contributed by atoms with Gasteiger partial charge in [-0.25, -0.2) is 13.4 Å². The van der Waals surface area contributed by atoms with E-state index in [1.165, 1.54) is 10.8 Å². The Morgan fingerprint density at radius 1 is 1.05 bits per heavy atom. The summed E-state index contributed by atoms with van der Waals surface area (Å²) in [6, 6.07) is 9.26. The number of nitrogens with zero attached hydrogens (tertiary/aromatic N) is 8.